The van der Waals surface area contributed by atoms with Crippen LogP contribution < -0.4 is 0 Å². The molecule has 23 heavy (non-hydrogen) atoms. The molecule has 0 aromatic carbocycles. The first-order chi connectivity index (χ1) is 10.7. The van der Waals surface area contributed by atoms with Crippen LogP contribution in [0.1, 0.15) is 25.3 Å². The average Bonchev–Trinajstić information content (AvgIpc) is 2.77. The molecule has 1 fully saturated rings. The topological polar surface area (TPSA) is 66.0 Å². The molecule has 0 spiro atoms. The molecule has 6 heteroatoms. The minimum absolute atomic E-state index is 0.262. The normalized spacial score (nSPS) is 25.7. The van der Waals surface area contributed by atoms with Gasteiger partial charge in [-0.15, -0.1) is 6.42 Å². The number of rotatable bonds is 5. The molecule has 0 unspecified atom stereocenters. The van der Waals surface area contributed by atoms with Crippen LogP contribution in [0.15, 0.2) is 27.9 Å². The van der Waals surface area contributed by atoms with Crippen LogP contribution in [-0.4, -0.2) is 15.6 Å². The molecule has 1 aliphatic rings. The van der Waals surface area contributed by atoms with Crippen molar-refractivity contribution in [1.82, 2.24) is 4.57 Å². The lowest BCUT2D eigenvalue weighted by atomic mass is 9.79. The van der Waals surface area contributed by atoms with E-state index in [1.54, 1.807) is 23.0 Å². The summed E-state index contributed by atoms with van der Waals surface area (Å²) in [6.45, 7) is 4.15. The van der Waals surface area contributed by atoms with Gasteiger partial charge in [0.1, 0.15) is 5.41 Å². The summed E-state index contributed by atoms with van der Waals surface area (Å²) in [7, 11) is 0. The van der Waals surface area contributed by atoms with Gasteiger partial charge in [-0.2, -0.15) is 5.26 Å². The van der Waals surface area contributed by atoms with Gasteiger partial charge < -0.3 is 9.67 Å². The van der Waals surface area contributed by atoms with Crippen molar-refractivity contribution in [3.05, 3.63) is 33.5 Å². The Balaban J connectivity index is 2.52. The standard InChI is InChI=1S/C17H16Br2N2O2/c1-4-6-21-7-5-11(10-21)12(9-20)17(15(22)23)13(8-14(18)19)16(17,2)3/h1,5,7-8,10,12-13H,6H2,2-3H3,(H,22,23)/t12-,13-,17+/m0/s1. The van der Waals surface area contributed by atoms with Gasteiger partial charge in [-0.3, -0.25) is 4.79 Å². The lowest BCUT2D eigenvalue weighted by Gasteiger charge is -2.20. The molecular formula is C17H16Br2N2O2. The lowest BCUT2D eigenvalue weighted by Crippen LogP contribution is -2.28. The van der Waals surface area contributed by atoms with E-state index in [9.17, 15) is 15.2 Å². The average molecular weight is 440 g/mol. The van der Waals surface area contributed by atoms with E-state index in [1.807, 2.05) is 19.9 Å². The molecule has 0 amide bonds. The molecule has 1 aromatic rings. The second kappa shape index (κ2) is 6.19. The Morgan fingerprint density at radius 2 is 2.26 bits per heavy atom. The quantitative estimate of drug-likeness (QED) is 0.702. The van der Waals surface area contributed by atoms with Crippen LogP contribution in [0.2, 0.25) is 0 Å². The summed E-state index contributed by atoms with van der Waals surface area (Å²) >= 11 is 6.59. The van der Waals surface area contributed by atoms with E-state index in [0.29, 0.717) is 15.5 Å². The number of nitrogens with zero attached hydrogens (tertiary/aromatic N) is 2. The van der Waals surface area contributed by atoms with Gasteiger partial charge in [0.2, 0.25) is 0 Å². The molecule has 1 aliphatic carbocycles. The maximum Gasteiger partial charge on any atom is 0.312 e. The Bertz CT molecular complexity index is 747. The van der Waals surface area contributed by atoms with Gasteiger partial charge in [0, 0.05) is 18.3 Å². The maximum absolute atomic E-state index is 12.1. The molecule has 0 aliphatic heterocycles. The minimum atomic E-state index is -1.17. The second-order valence-corrected chi connectivity index (χ2v) is 8.99. The SMILES string of the molecule is C#CCn1ccc([C@H](C#N)[C@]2(C(=O)O)[C@@H](C=C(Br)Br)C2(C)C)c1. The Morgan fingerprint density at radius 3 is 2.74 bits per heavy atom. The van der Waals surface area contributed by atoms with Crippen LogP contribution >= 0.6 is 31.9 Å². The highest BCUT2D eigenvalue weighted by Gasteiger charge is 2.78. The number of carboxylic acid groups (broad SMARTS) is 1. The molecule has 120 valence electrons. The monoisotopic (exact) mass is 438 g/mol. The molecule has 1 aromatic heterocycles. The molecule has 0 bridgehead atoms. The van der Waals surface area contributed by atoms with E-state index in [1.165, 1.54) is 0 Å². The van der Waals surface area contributed by atoms with Crippen molar-refractivity contribution < 1.29 is 9.90 Å². The number of hydrogen-bond acceptors (Lipinski definition) is 2. The second-order valence-electron chi connectivity index (χ2n) is 6.21. The Hall–Kier alpha value is -1.50. The van der Waals surface area contributed by atoms with Crippen molar-refractivity contribution in [2.75, 3.05) is 0 Å². The van der Waals surface area contributed by atoms with Gasteiger partial charge in [-0.05, 0) is 48.9 Å². The summed E-state index contributed by atoms with van der Waals surface area (Å²) in [6, 6.07) is 3.98. The van der Waals surface area contributed by atoms with Gasteiger partial charge in [-0.25, -0.2) is 0 Å². The van der Waals surface area contributed by atoms with E-state index < -0.39 is 22.7 Å². The van der Waals surface area contributed by atoms with Gasteiger partial charge >= 0.3 is 5.97 Å². The van der Waals surface area contributed by atoms with E-state index in [4.69, 9.17) is 6.42 Å². The van der Waals surface area contributed by atoms with Crippen molar-refractivity contribution in [1.29, 1.82) is 5.26 Å². The highest BCUT2D eigenvalue weighted by Crippen LogP contribution is 2.75. The van der Waals surface area contributed by atoms with Crippen molar-refractivity contribution in [2.24, 2.45) is 16.7 Å². The van der Waals surface area contributed by atoms with Crippen LogP contribution in [0.3, 0.4) is 0 Å². The fourth-order valence-electron chi connectivity index (χ4n) is 3.66. The zero-order chi connectivity index (χ0) is 17.4. The number of allylic oxidation sites excluding steroid dienone is 1. The molecule has 0 radical (unpaired) electrons. The van der Waals surface area contributed by atoms with E-state index in [2.05, 4.69) is 43.8 Å². The number of aliphatic carboxylic acids is 1. The number of aromatic nitrogens is 1. The predicted octanol–water partition coefficient (Wildman–Crippen LogP) is 4.09. The molecule has 1 saturated carbocycles. The Morgan fingerprint density at radius 1 is 1.61 bits per heavy atom. The van der Waals surface area contributed by atoms with Gasteiger partial charge in [0.15, 0.2) is 0 Å². The van der Waals surface area contributed by atoms with Crippen LogP contribution in [0.5, 0.6) is 0 Å². The minimum Gasteiger partial charge on any atom is -0.481 e. The third-order valence-corrected chi connectivity index (χ3v) is 5.39. The molecule has 0 saturated heterocycles. The zero-order valence-electron chi connectivity index (χ0n) is 12.8. The number of terminal acetylenes is 1. The van der Waals surface area contributed by atoms with Crippen LogP contribution in [0.4, 0.5) is 0 Å². The molecule has 4 nitrogen and oxygen atoms in total. The first-order valence-corrected chi connectivity index (χ1v) is 8.57. The van der Waals surface area contributed by atoms with Gasteiger partial charge in [-0.1, -0.05) is 25.8 Å². The van der Waals surface area contributed by atoms with Crippen molar-refractivity contribution in [3.63, 3.8) is 0 Å². The molecule has 2 rings (SSSR count). The lowest BCUT2D eigenvalue weighted by molar-refractivity contribution is -0.145. The summed E-state index contributed by atoms with van der Waals surface area (Å²) in [5, 5.41) is 19.7. The van der Waals surface area contributed by atoms with Crippen molar-refractivity contribution in [2.45, 2.75) is 26.3 Å². The molecule has 3 atom stereocenters. The fourth-order valence-corrected chi connectivity index (χ4v) is 4.19. The van der Waals surface area contributed by atoms with Crippen LogP contribution in [0.25, 0.3) is 0 Å². The number of nitriles is 1. The number of carboxylic acids is 1. The third kappa shape index (κ3) is 2.65. The van der Waals surface area contributed by atoms with Gasteiger partial charge in [0.25, 0.3) is 0 Å². The smallest absolute Gasteiger partial charge is 0.312 e. The number of halogens is 2. The predicted molar refractivity (Wildman–Crippen MR) is 94.9 cm³/mol. The first kappa shape index (κ1) is 17.8. The largest absolute Gasteiger partial charge is 0.481 e. The fraction of sp³-hybridized carbons (Fsp3) is 0.412. The van der Waals surface area contributed by atoms with E-state index in [0.717, 1.165) is 0 Å². The Kier molecular flexibility index (Phi) is 4.80. The first-order valence-electron chi connectivity index (χ1n) is 6.98. The molecular weight excluding hydrogens is 424 g/mol. The zero-order valence-corrected chi connectivity index (χ0v) is 15.9. The van der Waals surface area contributed by atoms with E-state index in [-0.39, 0.29) is 5.92 Å². The molecule has 1 N–H and O–H groups in total. The number of carbonyl (C=O) groups is 1. The summed E-state index contributed by atoms with van der Waals surface area (Å²) in [4.78, 5) is 12.1. The molecule has 1 heterocycles. The number of hydrogen-bond donors (Lipinski definition) is 1. The highest BCUT2D eigenvalue weighted by molar-refractivity contribution is 9.28. The van der Waals surface area contributed by atoms with Crippen molar-refractivity contribution >= 4 is 37.8 Å². The van der Waals surface area contributed by atoms with Gasteiger partial charge in [0.05, 0.1) is 21.9 Å². The van der Waals surface area contributed by atoms with Crippen molar-refractivity contribution in [3.8, 4) is 18.4 Å². The van der Waals surface area contributed by atoms with Crippen LogP contribution in [-0.2, 0) is 11.3 Å². The summed E-state index contributed by atoms with van der Waals surface area (Å²) in [5.74, 6) is 0.550. The third-order valence-electron chi connectivity index (χ3n) is 4.86. The maximum atomic E-state index is 12.1. The summed E-state index contributed by atoms with van der Waals surface area (Å²) < 4.78 is 2.46. The Labute approximate surface area is 152 Å². The van der Waals surface area contributed by atoms with Crippen LogP contribution in [0, 0.1) is 40.4 Å². The van der Waals surface area contributed by atoms with E-state index >= 15 is 0 Å². The summed E-state index contributed by atoms with van der Waals surface area (Å²) in [6.07, 6.45) is 10.6. The highest BCUT2D eigenvalue weighted by atomic mass is 79.9. The summed E-state index contributed by atoms with van der Waals surface area (Å²) in [5.41, 5.74) is -1.03.